The van der Waals surface area contributed by atoms with E-state index in [1.54, 1.807) is 0 Å². The molecule has 0 rings (SSSR count). The van der Waals surface area contributed by atoms with E-state index in [9.17, 15) is 9.59 Å². The number of hydrogen-bond donors (Lipinski definition) is 2. The molecule has 0 saturated carbocycles. The van der Waals surface area contributed by atoms with Gasteiger partial charge in [0.2, 0.25) is 0 Å². The summed E-state index contributed by atoms with van der Waals surface area (Å²) in [6.07, 6.45) is 0.480. The van der Waals surface area contributed by atoms with E-state index in [4.69, 9.17) is 16.2 Å². The number of ketones is 2. The second-order valence-electron chi connectivity index (χ2n) is 5.46. The Labute approximate surface area is 103 Å². The molecule has 0 unspecified atom stereocenters. The van der Waals surface area contributed by atoms with Crippen LogP contribution in [0.2, 0.25) is 0 Å². The molecule has 5 heteroatoms. The van der Waals surface area contributed by atoms with Crippen LogP contribution in [-0.4, -0.2) is 35.9 Å². The lowest BCUT2D eigenvalue weighted by molar-refractivity contribution is -0.149. The van der Waals surface area contributed by atoms with Gasteiger partial charge in [0.15, 0.2) is 0 Å². The Bertz CT molecular complexity index is 257. The van der Waals surface area contributed by atoms with Gasteiger partial charge in [-0.25, -0.2) is 0 Å². The Morgan fingerprint density at radius 2 is 1.18 bits per heavy atom. The molecule has 17 heavy (non-hydrogen) atoms. The number of ether oxygens (including phenoxy) is 1. The lowest BCUT2D eigenvalue weighted by Gasteiger charge is -2.35. The summed E-state index contributed by atoms with van der Waals surface area (Å²) in [4.78, 5) is 22.6. The van der Waals surface area contributed by atoms with Gasteiger partial charge in [0.25, 0.3) is 0 Å². The molecule has 0 amide bonds. The average molecular weight is 244 g/mol. The molecule has 0 saturated heterocycles. The van der Waals surface area contributed by atoms with Crippen molar-refractivity contribution in [1.82, 2.24) is 0 Å². The summed E-state index contributed by atoms with van der Waals surface area (Å²) in [6.45, 7) is 7.28. The topological polar surface area (TPSA) is 95.4 Å². The smallest absolute Gasteiger partial charge is 0.149 e. The molecule has 0 fully saturated rings. The maximum atomic E-state index is 11.3. The number of carbonyl (C=O) groups is 2. The number of nitrogens with two attached hydrogens (primary N) is 2. The van der Waals surface area contributed by atoms with Gasteiger partial charge in [0.05, 0.1) is 24.3 Å². The number of hydrogen-bond acceptors (Lipinski definition) is 5. The fraction of sp³-hybridized carbons (Fsp3) is 0.833. The fourth-order valence-electron chi connectivity index (χ4n) is 1.91. The second-order valence-corrected chi connectivity index (χ2v) is 5.46. The predicted molar refractivity (Wildman–Crippen MR) is 66.6 cm³/mol. The highest BCUT2D eigenvalue weighted by molar-refractivity contribution is 5.81. The Morgan fingerprint density at radius 3 is 1.41 bits per heavy atom. The molecular weight excluding hydrogens is 220 g/mol. The van der Waals surface area contributed by atoms with Crippen molar-refractivity contribution in [3.63, 3.8) is 0 Å². The lowest BCUT2D eigenvalue weighted by Crippen LogP contribution is -2.41. The molecule has 0 aromatic heterocycles. The standard InChI is InChI=1S/C12H24N2O3/c1-11(2,5-9(15)7-13)17-12(3,4)6-10(16)8-14/h5-8,13-14H2,1-4H3. The highest BCUT2D eigenvalue weighted by atomic mass is 16.5. The van der Waals surface area contributed by atoms with E-state index in [2.05, 4.69) is 0 Å². The third kappa shape index (κ3) is 7.20. The Balaban J connectivity index is 4.46. The molecule has 0 atom stereocenters. The van der Waals surface area contributed by atoms with Gasteiger partial charge in [-0.05, 0) is 27.7 Å². The maximum absolute atomic E-state index is 11.3. The largest absolute Gasteiger partial charge is 0.369 e. The van der Waals surface area contributed by atoms with Crippen LogP contribution in [0.5, 0.6) is 0 Å². The molecule has 0 radical (unpaired) electrons. The van der Waals surface area contributed by atoms with Crippen molar-refractivity contribution in [2.75, 3.05) is 13.1 Å². The first-order chi connectivity index (χ1) is 7.62. The molecule has 5 nitrogen and oxygen atoms in total. The predicted octanol–water partition coefficient (Wildman–Crippen LogP) is 0.396. The average Bonchev–Trinajstić information content (AvgIpc) is 2.13. The van der Waals surface area contributed by atoms with Crippen molar-refractivity contribution >= 4 is 11.6 Å². The van der Waals surface area contributed by atoms with Crippen LogP contribution in [0.4, 0.5) is 0 Å². The van der Waals surface area contributed by atoms with Gasteiger partial charge in [-0.15, -0.1) is 0 Å². The van der Waals surface area contributed by atoms with Gasteiger partial charge in [-0.3, -0.25) is 9.59 Å². The first kappa shape index (κ1) is 16.2. The van der Waals surface area contributed by atoms with Gasteiger partial charge >= 0.3 is 0 Å². The third-order valence-electron chi connectivity index (χ3n) is 2.25. The van der Waals surface area contributed by atoms with E-state index in [0.717, 1.165) is 0 Å². The normalized spacial score (nSPS) is 12.6. The summed E-state index contributed by atoms with van der Waals surface area (Å²) in [7, 11) is 0. The summed E-state index contributed by atoms with van der Waals surface area (Å²) in [5.74, 6) is -0.119. The minimum absolute atomic E-state index is 0.00888. The minimum Gasteiger partial charge on any atom is -0.369 e. The zero-order valence-electron chi connectivity index (χ0n) is 11.2. The molecule has 0 heterocycles. The maximum Gasteiger partial charge on any atom is 0.149 e. The first-order valence-corrected chi connectivity index (χ1v) is 5.75. The number of Topliss-reactive ketones (excluding diaryl/α,β-unsaturated/α-hetero) is 2. The minimum atomic E-state index is -0.630. The van der Waals surface area contributed by atoms with Gasteiger partial charge < -0.3 is 16.2 Å². The van der Waals surface area contributed by atoms with E-state index in [1.807, 2.05) is 27.7 Å². The monoisotopic (exact) mass is 244 g/mol. The van der Waals surface area contributed by atoms with Crippen molar-refractivity contribution < 1.29 is 14.3 Å². The van der Waals surface area contributed by atoms with Crippen LogP contribution in [-0.2, 0) is 14.3 Å². The highest BCUT2D eigenvalue weighted by Crippen LogP contribution is 2.26. The summed E-state index contributed by atoms with van der Waals surface area (Å²) in [6, 6.07) is 0. The molecule has 0 aliphatic heterocycles. The third-order valence-corrected chi connectivity index (χ3v) is 2.25. The SMILES string of the molecule is CC(C)(CC(=O)CN)OC(C)(C)CC(=O)CN. The molecular formula is C12H24N2O3. The Kier molecular flexibility index (Phi) is 5.95. The second kappa shape index (κ2) is 6.23. The highest BCUT2D eigenvalue weighted by Gasteiger charge is 2.32. The van der Waals surface area contributed by atoms with E-state index >= 15 is 0 Å². The van der Waals surface area contributed by atoms with Crippen molar-refractivity contribution in [2.45, 2.75) is 51.7 Å². The van der Waals surface area contributed by atoms with Crippen molar-refractivity contribution in [2.24, 2.45) is 11.5 Å². The van der Waals surface area contributed by atoms with E-state index in [-0.39, 0.29) is 37.5 Å². The number of carbonyl (C=O) groups excluding carboxylic acids is 2. The lowest BCUT2D eigenvalue weighted by atomic mass is 9.96. The molecule has 0 aromatic rings. The Hall–Kier alpha value is -0.780. The summed E-state index contributed by atoms with van der Waals surface area (Å²) in [5, 5.41) is 0. The molecule has 0 spiro atoms. The van der Waals surface area contributed by atoms with Crippen LogP contribution < -0.4 is 11.5 Å². The van der Waals surface area contributed by atoms with E-state index < -0.39 is 11.2 Å². The van der Waals surface area contributed by atoms with Crippen LogP contribution in [0.1, 0.15) is 40.5 Å². The van der Waals surface area contributed by atoms with E-state index in [0.29, 0.717) is 0 Å². The van der Waals surface area contributed by atoms with Gasteiger partial charge in [0, 0.05) is 12.8 Å². The summed E-state index contributed by atoms with van der Waals surface area (Å²) in [5.41, 5.74) is 9.28. The zero-order valence-corrected chi connectivity index (χ0v) is 11.2. The van der Waals surface area contributed by atoms with Crippen LogP contribution in [0, 0.1) is 0 Å². The van der Waals surface area contributed by atoms with Crippen LogP contribution in [0.3, 0.4) is 0 Å². The molecule has 0 aliphatic carbocycles. The molecule has 0 aliphatic rings. The van der Waals surface area contributed by atoms with Crippen molar-refractivity contribution in [1.29, 1.82) is 0 Å². The van der Waals surface area contributed by atoms with Gasteiger partial charge in [-0.1, -0.05) is 0 Å². The molecule has 100 valence electrons. The fourth-order valence-corrected chi connectivity index (χ4v) is 1.91. The summed E-state index contributed by atoms with van der Waals surface area (Å²) >= 11 is 0. The molecule has 0 aromatic carbocycles. The van der Waals surface area contributed by atoms with Crippen LogP contribution >= 0.6 is 0 Å². The first-order valence-electron chi connectivity index (χ1n) is 5.75. The van der Waals surface area contributed by atoms with Crippen molar-refractivity contribution in [3.8, 4) is 0 Å². The summed E-state index contributed by atoms with van der Waals surface area (Å²) < 4.78 is 5.82. The number of rotatable bonds is 8. The Morgan fingerprint density at radius 1 is 0.882 bits per heavy atom. The van der Waals surface area contributed by atoms with Crippen molar-refractivity contribution in [3.05, 3.63) is 0 Å². The van der Waals surface area contributed by atoms with Crippen LogP contribution in [0.25, 0.3) is 0 Å². The quantitative estimate of drug-likeness (QED) is 0.644. The van der Waals surface area contributed by atoms with Gasteiger partial charge in [0.1, 0.15) is 11.6 Å². The zero-order chi connectivity index (χ0) is 13.7. The van der Waals surface area contributed by atoms with Gasteiger partial charge in [-0.2, -0.15) is 0 Å². The van der Waals surface area contributed by atoms with Crippen LogP contribution in [0.15, 0.2) is 0 Å². The molecule has 0 bridgehead atoms. The van der Waals surface area contributed by atoms with E-state index in [1.165, 1.54) is 0 Å². The molecule has 4 N–H and O–H groups in total.